The lowest BCUT2D eigenvalue weighted by atomic mass is 9.97. The summed E-state index contributed by atoms with van der Waals surface area (Å²) in [6.07, 6.45) is 10.9. The Labute approximate surface area is 398 Å². The lowest BCUT2D eigenvalue weighted by Crippen LogP contribution is -2.30. The summed E-state index contributed by atoms with van der Waals surface area (Å²) in [6.45, 7) is 6.96. The maximum Gasteiger partial charge on any atom is 0.259 e. The van der Waals surface area contributed by atoms with Gasteiger partial charge in [-0.25, -0.2) is 27.5 Å². The SMILES string of the molecule is CSc1cccc(NC(=O)c2c(N3CCCC(F)(F)CC3)ncc(-c3ccc(C)cc3)c2C)c1.CSc1cccc(NC(=O)c2c(N3CCCC(F)(F)CC3)ncc(-c3cnn(C)c3)c2C)c1. The molecule has 2 fully saturated rings. The van der Waals surface area contributed by atoms with Crippen LogP contribution in [-0.4, -0.2) is 82.1 Å². The number of thioether (sulfide) groups is 2. The van der Waals surface area contributed by atoms with Crippen LogP contribution in [0.2, 0.25) is 0 Å². The summed E-state index contributed by atoms with van der Waals surface area (Å²) in [5.41, 5.74) is 8.29. The first kappa shape index (κ1) is 49.0. The van der Waals surface area contributed by atoms with E-state index in [9.17, 15) is 27.2 Å². The van der Waals surface area contributed by atoms with E-state index >= 15 is 0 Å². The van der Waals surface area contributed by atoms with Crippen LogP contribution in [0.3, 0.4) is 0 Å². The molecule has 8 rings (SSSR count). The molecule has 352 valence electrons. The lowest BCUT2D eigenvalue weighted by Gasteiger charge is -2.26. The molecule has 5 heterocycles. The Morgan fingerprint density at radius 2 is 1.07 bits per heavy atom. The van der Waals surface area contributed by atoms with Crippen molar-refractivity contribution in [3.05, 3.63) is 125 Å². The summed E-state index contributed by atoms with van der Waals surface area (Å²) in [6, 6.07) is 23.3. The molecule has 0 bridgehead atoms. The van der Waals surface area contributed by atoms with Crippen molar-refractivity contribution in [2.45, 2.75) is 80.9 Å². The van der Waals surface area contributed by atoms with Crippen molar-refractivity contribution in [3.63, 3.8) is 0 Å². The third-order valence-electron chi connectivity index (χ3n) is 12.2. The first-order valence-corrected chi connectivity index (χ1v) is 24.7. The number of rotatable bonds is 10. The van der Waals surface area contributed by atoms with Gasteiger partial charge in [0, 0.05) is 115 Å². The van der Waals surface area contributed by atoms with Crippen molar-refractivity contribution in [2.75, 3.05) is 59.1 Å². The average molecular weight is 953 g/mol. The normalized spacial score (nSPS) is 15.7. The summed E-state index contributed by atoms with van der Waals surface area (Å²) in [5, 5.41) is 10.2. The number of nitrogens with one attached hydrogen (secondary N) is 2. The quantitative estimate of drug-likeness (QED) is 0.102. The van der Waals surface area contributed by atoms with E-state index in [1.807, 2.05) is 129 Å². The first-order chi connectivity index (χ1) is 32.0. The van der Waals surface area contributed by atoms with Gasteiger partial charge in [-0.1, -0.05) is 42.0 Å². The number of pyridine rings is 2. The predicted molar refractivity (Wildman–Crippen MR) is 265 cm³/mol. The Morgan fingerprint density at radius 1 is 0.612 bits per heavy atom. The minimum Gasteiger partial charge on any atom is -0.356 e. The van der Waals surface area contributed by atoms with E-state index in [1.165, 1.54) is 0 Å². The minimum absolute atomic E-state index is 0.146. The number of halogens is 4. The molecule has 6 aromatic rings. The van der Waals surface area contributed by atoms with Crippen LogP contribution in [0.4, 0.5) is 40.6 Å². The van der Waals surface area contributed by atoms with E-state index < -0.39 is 11.8 Å². The molecule has 0 spiro atoms. The Balaban J connectivity index is 0.000000199. The molecule has 2 amide bonds. The Bertz CT molecular complexity index is 2710. The number of hydrogen-bond donors (Lipinski definition) is 2. The zero-order chi connectivity index (χ0) is 47.9. The van der Waals surface area contributed by atoms with Crippen LogP contribution in [0.15, 0.2) is 107 Å². The van der Waals surface area contributed by atoms with E-state index in [-0.39, 0.29) is 50.6 Å². The van der Waals surface area contributed by atoms with Gasteiger partial charge in [0.25, 0.3) is 11.8 Å². The van der Waals surface area contributed by atoms with Crippen LogP contribution in [0.1, 0.15) is 75.9 Å². The molecule has 0 atom stereocenters. The van der Waals surface area contributed by atoms with Gasteiger partial charge in [-0.15, -0.1) is 23.5 Å². The molecule has 2 aliphatic heterocycles. The summed E-state index contributed by atoms with van der Waals surface area (Å²) in [4.78, 5) is 42.2. The van der Waals surface area contributed by atoms with Crippen LogP contribution >= 0.6 is 23.5 Å². The number of carbonyl (C=O) groups is 2. The molecule has 10 nitrogen and oxygen atoms in total. The summed E-state index contributed by atoms with van der Waals surface area (Å²) < 4.78 is 57.8. The lowest BCUT2D eigenvalue weighted by molar-refractivity contribution is -0.0108. The molecule has 0 aliphatic carbocycles. The van der Waals surface area contributed by atoms with Gasteiger partial charge >= 0.3 is 0 Å². The van der Waals surface area contributed by atoms with Crippen LogP contribution < -0.4 is 20.4 Å². The smallest absolute Gasteiger partial charge is 0.259 e. The van der Waals surface area contributed by atoms with E-state index in [1.54, 1.807) is 46.8 Å². The number of alkyl halides is 4. The third kappa shape index (κ3) is 12.2. The van der Waals surface area contributed by atoms with Crippen molar-refractivity contribution in [1.29, 1.82) is 0 Å². The predicted octanol–water partition coefficient (Wildman–Crippen LogP) is 12.4. The molecule has 3 aromatic heterocycles. The van der Waals surface area contributed by atoms with Gasteiger partial charge in [0.05, 0.1) is 17.3 Å². The second-order valence-corrected chi connectivity index (χ2v) is 18.8. The summed E-state index contributed by atoms with van der Waals surface area (Å²) in [7, 11) is 1.82. The molecule has 0 unspecified atom stereocenters. The Kier molecular flexibility index (Phi) is 15.7. The maximum absolute atomic E-state index is 14.0. The molecule has 0 radical (unpaired) electrons. The highest BCUT2D eigenvalue weighted by molar-refractivity contribution is 7.98. The van der Waals surface area contributed by atoms with Crippen molar-refractivity contribution in [3.8, 4) is 22.3 Å². The molecule has 3 aromatic carbocycles. The molecule has 2 N–H and O–H groups in total. The van der Waals surface area contributed by atoms with Crippen LogP contribution in [-0.2, 0) is 7.05 Å². The maximum atomic E-state index is 14.0. The number of aryl methyl sites for hydroxylation is 2. The molecule has 16 heteroatoms. The van der Waals surface area contributed by atoms with Crippen molar-refractivity contribution >= 4 is 58.3 Å². The second-order valence-electron chi connectivity index (χ2n) is 17.0. The van der Waals surface area contributed by atoms with Gasteiger partial charge in [0.15, 0.2) is 0 Å². The van der Waals surface area contributed by atoms with Crippen molar-refractivity contribution < 1.29 is 27.2 Å². The number of hydrogen-bond acceptors (Lipinski definition) is 9. The minimum atomic E-state index is -2.69. The van der Waals surface area contributed by atoms with Gasteiger partial charge in [-0.2, -0.15) is 5.10 Å². The molecule has 0 saturated carbocycles. The number of anilines is 4. The summed E-state index contributed by atoms with van der Waals surface area (Å²) >= 11 is 3.18. The van der Waals surface area contributed by atoms with Gasteiger partial charge in [0.2, 0.25) is 11.8 Å². The fourth-order valence-corrected chi connectivity index (χ4v) is 9.34. The molecule has 2 aliphatic rings. The third-order valence-corrected chi connectivity index (χ3v) is 13.6. The van der Waals surface area contributed by atoms with Crippen LogP contribution in [0, 0.1) is 20.8 Å². The standard InChI is InChI=1S/C27H29F2N3OS.C24H27F2N5OS/c1-18-8-10-20(11-9-18)23-17-30-25(32-14-5-12-27(28,29)13-15-32)24(19(23)2)26(33)31-21-6-4-7-22(16-21)34-3;1-16-20(17-13-28-30(2)15-17)14-27-22(31-10-5-8-24(25,26)9-11-31)21(16)23(32)29-18-6-4-7-19(12-18)33-3/h4,6-11,16-17H,5,12-15H2,1-3H3,(H,31,33);4,6-7,12-15H,5,8-11H2,1-3H3,(H,29,32). The first-order valence-electron chi connectivity index (χ1n) is 22.3. The largest absolute Gasteiger partial charge is 0.356 e. The molecular weight excluding hydrogens is 897 g/mol. The Hall–Kier alpha value is -5.87. The monoisotopic (exact) mass is 952 g/mol. The molecular formula is C51H56F4N8O2S2. The number of carbonyl (C=O) groups excluding carboxylic acids is 2. The number of nitrogens with zero attached hydrogens (tertiary/aromatic N) is 6. The van der Waals surface area contributed by atoms with Gasteiger partial charge < -0.3 is 20.4 Å². The number of amides is 2. The zero-order valence-corrected chi connectivity index (χ0v) is 40.3. The van der Waals surface area contributed by atoms with Crippen molar-refractivity contribution in [1.82, 2.24) is 19.7 Å². The summed E-state index contributed by atoms with van der Waals surface area (Å²) in [5.74, 6) is -5.08. The number of benzene rings is 3. The average Bonchev–Trinajstić information content (AvgIpc) is 3.54. The highest BCUT2D eigenvalue weighted by atomic mass is 32.2. The fraction of sp³-hybridized carbons (Fsp3) is 0.353. The number of aromatic nitrogens is 4. The Morgan fingerprint density at radius 3 is 1.51 bits per heavy atom. The van der Waals surface area contributed by atoms with Gasteiger partial charge in [-0.05, 0) is 99.2 Å². The molecule has 2 saturated heterocycles. The topological polar surface area (TPSA) is 108 Å². The highest BCUT2D eigenvalue weighted by Crippen LogP contribution is 2.37. The zero-order valence-electron chi connectivity index (χ0n) is 38.6. The van der Waals surface area contributed by atoms with E-state index in [0.717, 1.165) is 48.7 Å². The van der Waals surface area contributed by atoms with Crippen molar-refractivity contribution in [2.24, 2.45) is 7.05 Å². The molecule has 67 heavy (non-hydrogen) atoms. The second kappa shape index (κ2) is 21.4. The van der Waals surface area contributed by atoms with E-state index in [2.05, 4.69) is 25.7 Å². The van der Waals surface area contributed by atoms with Crippen LogP contribution in [0.25, 0.3) is 22.3 Å². The fourth-order valence-electron chi connectivity index (χ4n) is 8.42. The van der Waals surface area contributed by atoms with E-state index in [0.29, 0.717) is 60.1 Å². The van der Waals surface area contributed by atoms with E-state index in [4.69, 9.17) is 0 Å². The van der Waals surface area contributed by atoms with Gasteiger partial charge in [0.1, 0.15) is 11.6 Å². The van der Waals surface area contributed by atoms with Gasteiger partial charge in [-0.3, -0.25) is 14.3 Å². The van der Waals surface area contributed by atoms with Crippen LogP contribution in [0.5, 0.6) is 0 Å². The highest BCUT2D eigenvalue weighted by Gasteiger charge is 2.35.